The van der Waals surface area contributed by atoms with Gasteiger partial charge in [-0.15, -0.1) is 0 Å². The SMILES string of the molecule is O=c1[nH]c(C2CC2)nc2cc(-c3ccccc3)[nH]c12. The topological polar surface area (TPSA) is 61.5 Å². The van der Waals surface area contributed by atoms with Crippen LogP contribution in [0.5, 0.6) is 0 Å². The molecule has 0 spiro atoms. The van der Waals surface area contributed by atoms with Crippen molar-refractivity contribution in [2.45, 2.75) is 18.8 Å². The summed E-state index contributed by atoms with van der Waals surface area (Å²) in [5.41, 5.74) is 3.23. The van der Waals surface area contributed by atoms with Crippen LogP contribution in [0.15, 0.2) is 41.2 Å². The van der Waals surface area contributed by atoms with E-state index in [-0.39, 0.29) is 5.56 Å². The highest BCUT2D eigenvalue weighted by atomic mass is 16.1. The summed E-state index contributed by atoms with van der Waals surface area (Å²) in [4.78, 5) is 22.6. The second kappa shape index (κ2) is 3.82. The van der Waals surface area contributed by atoms with Gasteiger partial charge in [0.25, 0.3) is 5.56 Å². The maximum absolute atomic E-state index is 12.0. The fraction of sp³-hybridized carbons (Fsp3) is 0.200. The molecule has 0 aliphatic heterocycles. The van der Waals surface area contributed by atoms with Gasteiger partial charge in [0.1, 0.15) is 11.3 Å². The van der Waals surface area contributed by atoms with Crippen molar-refractivity contribution in [2.24, 2.45) is 0 Å². The smallest absolute Gasteiger partial charge is 0.275 e. The Morgan fingerprint density at radius 3 is 2.63 bits per heavy atom. The molecule has 4 nitrogen and oxygen atoms in total. The molecule has 4 rings (SSSR count). The molecule has 0 atom stereocenters. The third kappa shape index (κ3) is 1.76. The molecule has 1 aliphatic carbocycles. The first kappa shape index (κ1) is 10.6. The Labute approximate surface area is 109 Å². The zero-order chi connectivity index (χ0) is 12.8. The van der Waals surface area contributed by atoms with Gasteiger partial charge in [0.05, 0.1) is 5.52 Å². The van der Waals surface area contributed by atoms with Crippen LogP contribution >= 0.6 is 0 Å². The fourth-order valence-electron chi connectivity index (χ4n) is 2.36. The van der Waals surface area contributed by atoms with Gasteiger partial charge in [0.15, 0.2) is 0 Å². The zero-order valence-corrected chi connectivity index (χ0v) is 10.3. The third-order valence-electron chi connectivity index (χ3n) is 3.56. The number of H-pyrrole nitrogens is 2. The third-order valence-corrected chi connectivity index (χ3v) is 3.56. The van der Waals surface area contributed by atoms with E-state index in [0.29, 0.717) is 11.4 Å². The van der Waals surface area contributed by atoms with Crippen molar-refractivity contribution in [3.05, 3.63) is 52.6 Å². The second-order valence-corrected chi connectivity index (χ2v) is 5.03. The molecule has 3 aromatic rings. The molecule has 19 heavy (non-hydrogen) atoms. The molecule has 2 aromatic heterocycles. The lowest BCUT2D eigenvalue weighted by atomic mass is 10.2. The Balaban J connectivity index is 1.91. The van der Waals surface area contributed by atoms with Crippen LogP contribution in [0.4, 0.5) is 0 Å². The van der Waals surface area contributed by atoms with Crippen molar-refractivity contribution in [1.29, 1.82) is 0 Å². The summed E-state index contributed by atoms with van der Waals surface area (Å²) in [6, 6.07) is 11.9. The highest BCUT2D eigenvalue weighted by molar-refractivity contribution is 5.81. The molecule has 0 saturated heterocycles. The quantitative estimate of drug-likeness (QED) is 0.735. The summed E-state index contributed by atoms with van der Waals surface area (Å²) in [5, 5.41) is 0. The number of benzene rings is 1. The van der Waals surface area contributed by atoms with E-state index < -0.39 is 0 Å². The summed E-state index contributed by atoms with van der Waals surface area (Å²) in [6.45, 7) is 0. The summed E-state index contributed by atoms with van der Waals surface area (Å²) >= 11 is 0. The number of aromatic nitrogens is 3. The highest BCUT2D eigenvalue weighted by Crippen LogP contribution is 2.37. The van der Waals surface area contributed by atoms with E-state index in [4.69, 9.17) is 0 Å². The van der Waals surface area contributed by atoms with Crippen LogP contribution in [0, 0.1) is 0 Å². The molecule has 0 amide bonds. The lowest BCUT2D eigenvalue weighted by molar-refractivity contribution is 0.930. The molecule has 1 fully saturated rings. The average molecular weight is 251 g/mol. The van der Waals surface area contributed by atoms with Gasteiger partial charge in [-0.25, -0.2) is 4.98 Å². The van der Waals surface area contributed by atoms with Gasteiger partial charge >= 0.3 is 0 Å². The van der Waals surface area contributed by atoms with Gasteiger partial charge in [-0.2, -0.15) is 0 Å². The van der Waals surface area contributed by atoms with Crippen LogP contribution < -0.4 is 5.56 Å². The van der Waals surface area contributed by atoms with Gasteiger partial charge in [-0.05, 0) is 24.5 Å². The Morgan fingerprint density at radius 1 is 1.11 bits per heavy atom. The Bertz CT molecular complexity index is 797. The first-order valence-electron chi connectivity index (χ1n) is 6.49. The molecule has 1 aliphatic rings. The maximum Gasteiger partial charge on any atom is 0.275 e. The van der Waals surface area contributed by atoms with Crippen molar-refractivity contribution in [3.63, 3.8) is 0 Å². The van der Waals surface area contributed by atoms with Crippen LogP contribution in [0.25, 0.3) is 22.3 Å². The van der Waals surface area contributed by atoms with E-state index in [1.807, 2.05) is 36.4 Å². The van der Waals surface area contributed by atoms with Gasteiger partial charge in [-0.1, -0.05) is 30.3 Å². The highest BCUT2D eigenvalue weighted by Gasteiger charge is 2.26. The zero-order valence-electron chi connectivity index (χ0n) is 10.3. The van der Waals surface area contributed by atoms with Gasteiger partial charge in [0, 0.05) is 11.6 Å². The van der Waals surface area contributed by atoms with E-state index in [9.17, 15) is 4.79 Å². The van der Waals surface area contributed by atoms with Crippen LogP contribution in [0.1, 0.15) is 24.6 Å². The van der Waals surface area contributed by atoms with Crippen molar-refractivity contribution in [1.82, 2.24) is 15.0 Å². The minimum absolute atomic E-state index is 0.0749. The van der Waals surface area contributed by atoms with Crippen molar-refractivity contribution in [2.75, 3.05) is 0 Å². The van der Waals surface area contributed by atoms with Crippen LogP contribution in [0.2, 0.25) is 0 Å². The standard InChI is InChI=1S/C15H13N3O/c19-15-13-12(17-14(18-15)10-6-7-10)8-11(16-13)9-4-2-1-3-5-9/h1-5,8,10,16H,6-7H2,(H,17,18,19). The monoisotopic (exact) mass is 251 g/mol. The molecule has 1 saturated carbocycles. The summed E-state index contributed by atoms with van der Waals surface area (Å²) in [5.74, 6) is 1.28. The number of rotatable bonds is 2. The van der Waals surface area contributed by atoms with Gasteiger partial charge < -0.3 is 9.97 Å². The van der Waals surface area contributed by atoms with E-state index in [1.54, 1.807) is 0 Å². The number of nitrogens with zero attached hydrogens (tertiary/aromatic N) is 1. The molecular formula is C15H13N3O. The molecular weight excluding hydrogens is 238 g/mol. The van der Waals surface area contributed by atoms with Crippen LogP contribution in [-0.4, -0.2) is 15.0 Å². The minimum Gasteiger partial charge on any atom is -0.349 e. The Hall–Kier alpha value is -2.36. The predicted molar refractivity (Wildman–Crippen MR) is 74.1 cm³/mol. The lowest BCUT2D eigenvalue weighted by Gasteiger charge is -1.96. The van der Waals surface area contributed by atoms with Gasteiger partial charge in [0.2, 0.25) is 0 Å². The largest absolute Gasteiger partial charge is 0.349 e. The first-order valence-corrected chi connectivity index (χ1v) is 6.49. The van der Waals surface area contributed by atoms with Gasteiger partial charge in [-0.3, -0.25) is 4.79 Å². The second-order valence-electron chi connectivity index (χ2n) is 5.03. The number of nitrogens with one attached hydrogen (secondary N) is 2. The number of hydrogen-bond donors (Lipinski definition) is 2. The molecule has 0 unspecified atom stereocenters. The molecule has 1 aromatic carbocycles. The normalized spacial score (nSPS) is 14.9. The molecule has 4 heteroatoms. The van der Waals surface area contributed by atoms with E-state index >= 15 is 0 Å². The average Bonchev–Trinajstić information content (AvgIpc) is 3.19. The molecule has 0 bridgehead atoms. The summed E-state index contributed by atoms with van der Waals surface area (Å²) in [7, 11) is 0. The van der Waals surface area contributed by atoms with Crippen molar-refractivity contribution in [3.8, 4) is 11.3 Å². The van der Waals surface area contributed by atoms with E-state index in [1.165, 1.54) is 0 Å². The van der Waals surface area contributed by atoms with E-state index in [2.05, 4.69) is 15.0 Å². The minimum atomic E-state index is -0.0749. The predicted octanol–water partition coefficient (Wildman–Crippen LogP) is 2.80. The fourth-order valence-corrected chi connectivity index (χ4v) is 2.36. The molecule has 0 radical (unpaired) electrons. The first-order chi connectivity index (χ1) is 9.31. The number of aromatic amines is 2. The molecule has 2 heterocycles. The lowest BCUT2D eigenvalue weighted by Crippen LogP contribution is -2.10. The van der Waals surface area contributed by atoms with E-state index in [0.717, 1.165) is 35.4 Å². The molecule has 94 valence electrons. The summed E-state index contributed by atoms with van der Waals surface area (Å²) < 4.78 is 0. The van der Waals surface area contributed by atoms with Crippen LogP contribution in [0.3, 0.4) is 0 Å². The van der Waals surface area contributed by atoms with Crippen molar-refractivity contribution < 1.29 is 0 Å². The summed E-state index contributed by atoms with van der Waals surface area (Å²) in [6.07, 6.45) is 2.26. The van der Waals surface area contributed by atoms with Crippen LogP contribution in [-0.2, 0) is 0 Å². The number of fused-ring (bicyclic) bond motifs is 1. The maximum atomic E-state index is 12.0. The Morgan fingerprint density at radius 2 is 1.89 bits per heavy atom. The number of hydrogen-bond acceptors (Lipinski definition) is 2. The Kier molecular flexibility index (Phi) is 2.12. The molecule has 2 N–H and O–H groups in total. The van der Waals surface area contributed by atoms with Crippen molar-refractivity contribution >= 4 is 11.0 Å².